The number of benzene rings is 1. The minimum absolute atomic E-state index is 0.285. The van der Waals surface area contributed by atoms with Crippen LogP contribution in [0.2, 0.25) is 0 Å². The summed E-state index contributed by atoms with van der Waals surface area (Å²) in [5.41, 5.74) is 9.70. The van der Waals surface area contributed by atoms with Gasteiger partial charge in [0.05, 0.1) is 22.5 Å². The summed E-state index contributed by atoms with van der Waals surface area (Å²) >= 11 is 1.29. The largest absolute Gasteiger partial charge is 0.364 e. The molecule has 8 nitrogen and oxygen atoms in total. The van der Waals surface area contributed by atoms with Crippen LogP contribution < -0.4 is 11.1 Å². The standard InChI is InChI=1S/C23H16N6O2S/c24-21(30)19-9-14(11-26-19)20-12-32-23(28-20)29-22(31)16-10-18(13-5-7-25-8-6-13)27-17-4-2-1-3-15(16)17/h1-12,26H,(H2,24,30)(H,28,29,31). The Morgan fingerprint density at radius 1 is 0.969 bits per heavy atom. The molecule has 0 spiro atoms. The molecular formula is C23H16N6O2S. The van der Waals surface area contributed by atoms with Crippen molar-refractivity contribution >= 4 is 39.2 Å². The minimum atomic E-state index is -0.547. The van der Waals surface area contributed by atoms with E-state index >= 15 is 0 Å². The Hall–Kier alpha value is -4.37. The van der Waals surface area contributed by atoms with Crippen molar-refractivity contribution in [2.75, 3.05) is 5.32 Å². The second kappa shape index (κ2) is 8.05. The maximum atomic E-state index is 13.2. The Bertz CT molecular complexity index is 1460. The van der Waals surface area contributed by atoms with Crippen molar-refractivity contribution in [1.29, 1.82) is 0 Å². The van der Waals surface area contributed by atoms with E-state index in [0.29, 0.717) is 33.3 Å². The van der Waals surface area contributed by atoms with Crippen molar-refractivity contribution in [2.45, 2.75) is 0 Å². The molecule has 0 aliphatic heterocycles. The third-order valence-electron chi connectivity index (χ3n) is 4.91. The number of thiazole rings is 1. The number of aromatic nitrogens is 4. The van der Waals surface area contributed by atoms with Gasteiger partial charge >= 0.3 is 0 Å². The highest BCUT2D eigenvalue weighted by molar-refractivity contribution is 7.14. The molecular weight excluding hydrogens is 424 g/mol. The number of pyridine rings is 2. The average molecular weight is 440 g/mol. The van der Waals surface area contributed by atoms with E-state index in [-0.39, 0.29) is 5.91 Å². The molecule has 4 aromatic heterocycles. The number of rotatable bonds is 5. The molecule has 0 radical (unpaired) electrons. The van der Waals surface area contributed by atoms with Crippen LogP contribution in [0.15, 0.2) is 72.5 Å². The summed E-state index contributed by atoms with van der Waals surface area (Å²) in [5, 5.41) is 5.87. The van der Waals surface area contributed by atoms with Gasteiger partial charge in [0, 0.05) is 40.5 Å². The first kappa shape index (κ1) is 19.6. The van der Waals surface area contributed by atoms with Crippen molar-refractivity contribution in [3.8, 4) is 22.5 Å². The lowest BCUT2D eigenvalue weighted by Gasteiger charge is -2.09. The predicted molar refractivity (Wildman–Crippen MR) is 123 cm³/mol. The van der Waals surface area contributed by atoms with Gasteiger partial charge in [-0.15, -0.1) is 11.3 Å². The molecule has 0 aliphatic carbocycles. The van der Waals surface area contributed by atoms with Gasteiger partial charge in [-0.1, -0.05) is 18.2 Å². The Balaban J connectivity index is 1.47. The number of amides is 2. The maximum absolute atomic E-state index is 13.2. The SMILES string of the molecule is NC(=O)c1cc(-c2csc(NC(=O)c3cc(-c4ccncc4)nc4ccccc34)n2)c[nH]1. The molecule has 32 heavy (non-hydrogen) atoms. The normalized spacial score (nSPS) is 10.9. The first-order valence-corrected chi connectivity index (χ1v) is 10.5. The molecule has 4 N–H and O–H groups in total. The molecule has 2 amide bonds. The van der Waals surface area contributed by atoms with Crippen molar-refractivity contribution in [2.24, 2.45) is 5.73 Å². The number of nitrogens with one attached hydrogen (secondary N) is 2. The van der Waals surface area contributed by atoms with E-state index in [4.69, 9.17) is 10.7 Å². The molecule has 9 heteroatoms. The number of nitrogens with two attached hydrogens (primary N) is 1. The number of H-pyrrole nitrogens is 1. The van der Waals surface area contributed by atoms with Crippen LogP contribution in [0.1, 0.15) is 20.8 Å². The number of aromatic amines is 1. The Labute approximate surface area is 186 Å². The maximum Gasteiger partial charge on any atom is 0.265 e. The third-order valence-corrected chi connectivity index (χ3v) is 5.66. The average Bonchev–Trinajstić information content (AvgIpc) is 3.49. The number of fused-ring (bicyclic) bond motifs is 1. The first-order chi connectivity index (χ1) is 15.6. The minimum Gasteiger partial charge on any atom is -0.364 e. The summed E-state index contributed by atoms with van der Waals surface area (Å²) in [6.45, 7) is 0. The zero-order valence-corrected chi connectivity index (χ0v) is 17.4. The van der Waals surface area contributed by atoms with E-state index in [9.17, 15) is 9.59 Å². The number of carbonyl (C=O) groups is 2. The molecule has 156 valence electrons. The number of para-hydroxylation sites is 1. The Morgan fingerprint density at radius 2 is 1.78 bits per heavy atom. The second-order valence-electron chi connectivity index (χ2n) is 6.97. The lowest BCUT2D eigenvalue weighted by atomic mass is 10.0. The molecule has 0 saturated carbocycles. The number of hydrogen-bond donors (Lipinski definition) is 3. The topological polar surface area (TPSA) is 127 Å². The van der Waals surface area contributed by atoms with Crippen LogP contribution in [0.5, 0.6) is 0 Å². The van der Waals surface area contributed by atoms with E-state index in [1.807, 2.05) is 36.4 Å². The van der Waals surface area contributed by atoms with Crippen molar-refractivity contribution in [1.82, 2.24) is 19.9 Å². The summed E-state index contributed by atoms with van der Waals surface area (Å²) in [5.74, 6) is -0.832. The number of hydrogen-bond acceptors (Lipinski definition) is 6. The highest BCUT2D eigenvalue weighted by atomic mass is 32.1. The molecule has 0 atom stereocenters. The molecule has 5 rings (SSSR count). The van der Waals surface area contributed by atoms with Gasteiger partial charge in [-0.05, 0) is 30.3 Å². The van der Waals surface area contributed by atoms with Crippen molar-refractivity contribution < 1.29 is 9.59 Å². The zero-order valence-electron chi connectivity index (χ0n) is 16.6. The monoisotopic (exact) mass is 440 g/mol. The summed E-state index contributed by atoms with van der Waals surface area (Å²) in [6, 6.07) is 14.6. The van der Waals surface area contributed by atoms with Crippen LogP contribution in [0, 0.1) is 0 Å². The Morgan fingerprint density at radius 3 is 2.56 bits per heavy atom. The molecule has 4 heterocycles. The summed E-state index contributed by atoms with van der Waals surface area (Å²) in [6.07, 6.45) is 5.03. The lowest BCUT2D eigenvalue weighted by molar-refractivity contribution is 0.0994. The van der Waals surface area contributed by atoms with Crippen molar-refractivity contribution in [3.63, 3.8) is 0 Å². The fourth-order valence-corrected chi connectivity index (χ4v) is 4.06. The number of primary amides is 1. The van der Waals surface area contributed by atoms with E-state index in [1.54, 1.807) is 36.1 Å². The van der Waals surface area contributed by atoms with Gasteiger partial charge < -0.3 is 10.7 Å². The summed E-state index contributed by atoms with van der Waals surface area (Å²) in [4.78, 5) is 40.5. The molecule has 0 aliphatic rings. The third kappa shape index (κ3) is 3.72. The summed E-state index contributed by atoms with van der Waals surface area (Å²) < 4.78 is 0. The van der Waals surface area contributed by atoms with Crippen LogP contribution in [-0.4, -0.2) is 31.8 Å². The van der Waals surface area contributed by atoms with Crippen LogP contribution in [-0.2, 0) is 0 Å². The number of anilines is 1. The number of carbonyl (C=O) groups excluding carboxylic acids is 2. The molecule has 5 aromatic rings. The highest BCUT2D eigenvalue weighted by Crippen LogP contribution is 2.28. The molecule has 0 unspecified atom stereocenters. The van der Waals surface area contributed by atoms with Crippen LogP contribution >= 0.6 is 11.3 Å². The molecule has 0 saturated heterocycles. The first-order valence-electron chi connectivity index (χ1n) is 9.64. The summed E-state index contributed by atoms with van der Waals surface area (Å²) in [7, 11) is 0. The Kier molecular flexibility index (Phi) is 4.92. The van der Waals surface area contributed by atoms with Gasteiger partial charge in [0.2, 0.25) is 0 Å². The van der Waals surface area contributed by atoms with Crippen LogP contribution in [0.25, 0.3) is 33.4 Å². The number of nitrogens with zero attached hydrogens (tertiary/aromatic N) is 3. The predicted octanol–water partition coefficient (Wildman–Crippen LogP) is 4.10. The van der Waals surface area contributed by atoms with Crippen LogP contribution in [0.4, 0.5) is 5.13 Å². The van der Waals surface area contributed by atoms with Gasteiger partial charge in [0.1, 0.15) is 5.69 Å². The van der Waals surface area contributed by atoms with Gasteiger partial charge in [-0.2, -0.15) is 0 Å². The second-order valence-corrected chi connectivity index (χ2v) is 7.82. The van der Waals surface area contributed by atoms with Gasteiger partial charge in [0.25, 0.3) is 11.8 Å². The fraction of sp³-hybridized carbons (Fsp3) is 0. The lowest BCUT2D eigenvalue weighted by Crippen LogP contribution is -2.13. The van der Waals surface area contributed by atoms with Gasteiger partial charge in [-0.3, -0.25) is 19.9 Å². The zero-order chi connectivity index (χ0) is 22.1. The van der Waals surface area contributed by atoms with E-state index in [2.05, 4.69) is 20.3 Å². The quantitative estimate of drug-likeness (QED) is 0.379. The molecule has 1 aromatic carbocycles. The smallest absolute Gasteiger partial charge is 0.265 e. The van der Waals surface area contributed by atoms with E-state index < -0.39 is 5.91 Å². The van der Waals surface area contributed by atoms with E-state index in [0.717, 1.165) is 16.5 Å². The van der Waals surface area contributed by atoms with E-state index in [1.165, 1.54) is 11.3 Å². The highest BCUT2D eigenvalue weighted by Gasteiger charge is 2.16. The van der Waals surface area contributed by atoms with Crippen LogP contribution in [0.3, 0.4) is 0 Å². The molecule has 0 bridgehead atoms. The molecule has 0 fully saturated rings. The van der Waals surface area contributed by atoms with Gasteiger partial charge in [0.15, 0.2) is 5.13 Å². The van der Waals surface area contributed by atoms with Crippen molar-refractivity contribution in [3.05, 3.63) is 83.8 Å². The van der Waals surface area contributed by atoms with Gasteiger partial charge in [-0.25, -0.2) is 9.97 Å². The fourth-order valence-electron chi connectivity index (χ4n) is 3.35.